The van der Waals surface area contributed by atoms with E-state index in [0.29, 0.717) is 31.0 Å². The second kappa shape index (κ2) is 9.79. The summed E-state index contributed by atoms with van der Waals surface area (Å²) in [5.41, 5.74) is 2.86. The van der Waals surface area contributed by atoms with E-state index in [1.54, 1.807) is 11.2 Å². The van der Waals surface area contributed by atoms with Crippen LogP contribution in [0.4, 0.5) is 0 Å². The van der Waals surface area contributed by atoms with Crippen molar-refractivity contribution in [2.24, 2.45) is 0 Å². The van der Waals surface area contributed by atoms with Crippen LogP contribution in [0.1, 0.15) is 47.0 Å². The van der Waals surface area contributed by atoms with Gasteiger partial charge in [-0.1, -0.05) is 55.3 Å². The number of ether oxygens (including phenoxy) is 1. The number of unbranched alkanes of at least 4 members (excludes halogenated alkanes) is 1. The molecule has 0 aliphatic carbocycles. The lowest BCUT2D eigenvalue weighted by atomic mass is 10.1. The van der Waals surface area contributed by atoms with Crippen molar-refractivity contribution < 1.29 is 13.9 Å². The first-order valence-electron chi connectivity index (χ1n) is 9.76. The first-order valence-corrected chi connectivity index (χ1v) is 9.76. The van der Waals surface area contributed by atoms with Gasteiger partial charge >= 0.3 is 0 Å². The van der Waals surface area contributed by atoms with Crippen LogP contribution in [0.5, 0.6) is 5.75 Å². The Kier molecular flexibility index (Phi) is 6.90. The molecular formula is C24H27NO3. The van der Waals surface area contributed by atoms with Crippen LogP contribution in [0.15, 0.2) is 71.3 Å². The number of nitrogens with zero attached hydrogens (tertiary/aromatic N) is 1. The minimum atomic E-state index is -0.0657. The molecule has 0 N–H and O–H groups in total. The third-order valence-electron chi connectivity index (χ3n) is 4.58. The number of benzene rings is 2. The molecule has 4 nitrogen and oxygen atoms in total. The summed E-state index contributed by atoms with van der Waals surface area (Å²) in [6, 6.07) is 19.4. The Morgan fingerprint density at radius 3 is 2.50 bits per heavy atom. The molecular weight excluding hydrogens is 350 g/mol. The summed E-state index contributed by atoms with van der Waals surface area (Å²) in [5, 5.41) is 0. The molecule has 0 aliphatic rings. The maximum atomic E-state index is 13.4. The minimum Gasteiger partial charge on any atom is -0.493 e. The lowest BCUT2D eigenvalue weighted by molar-refractivity contribution is 0.0713. The molecule has 1 aromatic heterocycles. The van der Waals surface area contributed by atoms with Gasteiger partial charge in [0.05, 0.1) is 25.0 Å². The fraction of sp³-hybridized carbons (Fsp3) is 0.292. The first-order chi connectivity index (χ1) is 13.7. The summed E-state index contributed by atoms with van der Waals surface area (Å²) in [6.45, 7) is 5.69. The predicted octanol–water partition coefficient (Wildman–Crippen LogP) is 5.61. The van der Waals surface area contributed by atoms with Crippen LogP contribution in [0.2, 0.25) is 0 Å². The van der Waals surface area contributed by atoms with E-state index in [0.717, 1.165) is 24.2 Å². The fourth-order valence-corrected chi connectivity index (χ4v) is 2.97. The highest BCUT2D eigenvalue weighted by atomic mass is 16.5. The lowest BCUT2D eigenvalue weighted by Crippen LogP contribution is -2.30. The average molecular weight is 377 g/mol. The van der Waals surface area contributed by atoms with Crippen molar-refractivity contribution in [1.29, 1.82) is 0 Å². The van der Waals surface area contributed by atoms with Crippen LogP contribution in [-0.2, 0) is 13.1 Å². The Morgan fingerprint density at radius 1 is 1.00 bits per heavy atom. The summed E-state index contributed by atoms with van der Waals surface area (Å²) in [6.07, 6.45) is 3.64. The molecule has 0 fully saturated rings. The van der Waals surface area contributed by atoms with Gasteiger partial charge in [-0.2, -0.15) is 0 Å². The van der Waals surface area contributed by atoms with E-state index in [4.69, 9.17) is 9.15 Å². The Balaban J connectivity index is 1.84. The number of furan rings is 1. The Labute approximate surface area is 166 Å². The molecule has 1 heterocycles. The highest BCUT2D eigenvalue weighted by Gasteiger charge is 2.21. The summed E-state index contributed by atoms with van der Waals surface area (Å²) in [5.74, 6) is 1.32. The molecule has 2 aromatic carbocycles. The van der Waals surface area contributed by atoms with Crippen LogP contribution in [0.25, 0.3) is 0 Å². The number of hydrogen-bond acceptors (Lipinski definition) is 3. The number of carbonyl (C=O) groups excluding carboxylic acids is 1. The summed E-state index contributed by atoms with van der Waals surface area (Å²) in [4.78, 5) is 15.2. The summed E-state index contributed by atoms with van der Waals surface area (Å²) >= 11 is 0. The smallest absolute Gasteiger partial charge is 0.258 e. The molecule has 28 heavy (non-hydrogen) atoms. The molecule has 3 rings (SSSR count). The topological polar surface area (TPSA) is 42.7 Å². The van der Waals surface area contributed by atoms with Crippen molar-refractivity contribution in [3.8, 4) is 5.75 Å². The summed E-state index contributed by atoms with van der Waals surface area (Å²) < 4.78 is 11.4. The molecule has 0 aliphatic heterocycles. The molecule has 4 heteroatoms. The minimum absolute atomic E-state index is 0.0657. The second-order valence-corrected chi connectivity index (χ2v) is 6.92. The van der Waals surface area contributed by atoms with Gasteiger partial charge in [0.1, 0.15) is 11.5 Å². The molecule has 0 saturated heterocycles. The third-order valence-corrected chi connectivity index (χ3v) is 4.58. The van der Waals surface area contributed by atoms with E-state index in [1.807, 2.05) is 36.4 Å². The quantitative estimate of drug-likeness (QED) is 0.455. The molecule has 0 saturated carbocycles. The largest absolute Gasteiger partial charge is 0.493 e. The molecule has 0 bridgehead atoms. The molecule has 1 amide bonds. The van der Waals surface area contributed by atoms with Crippen molar-refractivity contribution in [3.05, 3.63) is 89.4 Å². The Bertz CT molecular complexity index is 869. The summed E-state index contributed by atoms with van der Waals surface area (Å²) in [7, 11) is 0. The molecule has 0 atom stereocenters. The van der Waals surface area contributed by atoms with E-state index in [-0.39, 0.29) is 5.91 Å². The number of amides is 1. The maximum absolute atomic E-state index is 13.4. The van der Waals surface area contributed by atoms with Crippen molar-refractivity contribution in [3.63, 3.8) is 0 Å². The number of para-hydroxylation sites is 1. The van der Waals surface area contributed by atoms with Crippen LogP contribution < -0.4 is 4.74 Å². The zero-order chi connectivity index (χ0) is 19.8. The van der Waals surface area contributed by atoms with Crippen LogP contribution >= 0.6 is 0 Å². The van der Waals surface area contributed by atoms with Gasteiger partial charge in [-0.3, -0.25) is 4.79 Å². The van der Waals surface area contributed by atoms with Crippen LogP contribution in [0.3, 0.4) is 0 Å². The zero-order valence-corrected chi connectivity index (χ0v) is 16.6. The number of rotatable bonds is 9. The fourth-order valence-electron chi connectivity index (χ4n) is 2.97. The molecule has 3 aromatic rings. The zero-order valence-electron chi connectivity index (χ0n) is 16.6. The van der Waals surface area contributed by atoms with Crippen molar-refractivity contribution in [2.45, 2.75) is 39.8 Å². The van der Waals surface area contributed by atoms with Crippen LogP contribution in [0, 0.1) is 6.92 Å². The second-order valence-electron chi connectivity index (χ2n) is 6.92. The lowest BCUT2D eigenvalue weighted by Gasteiger charge is -2.23. The van der Waals surface area contributed by atoms with Crippen molar-refractivity contribution in [1.82, 2.24) is 4.90 Å². The standard InChI is InChI=1S/C24H27NO3/c1-3-4-15-28-23-10-6-5-9-22(23)24(26)25(18-21-8-7-16-27-21)17-20-13-11-19(2)12-14-20/h5-14,16H,3-4,15,17-18H2,1-2H3. The molecule has 146 valence electrons. The van der Waals surface area contributed by atoms with Gasteiger partial charge in [0.25, 0.3) is 5.91 Å². The Morgan fingerprint density at radius 2 is 1.79 bits per heavy atom. The first kappa shape index (κ1) is 19.7. The van der Waals surface area contributed by atoms with Gasteiger partial charge in [-0.25, -0.2) is 0 Å². The van der Waals surface area contributed by atoms with Crippen LogP contribution in [-0.4, -0.2) is 17.4 Å². The maximum Gasteiger partial charge on any atom is 0.258 e. The average Bonchev–Trinajstić information content (AvgIpc) is 3.22. The number of aryl methyl sites for hydroxylation is 1. The Hall–Kier alpha value is -3.01. The van der Waals surface area contributed by atoms with Gasteiger partial charge in [0.15, 0.2) is 0 Å². The number of carbonyl (C=O) groups is 1. The van der Waals surface area contributed by atoms with Gasteiger partial charge in [0, 0.05) is 6.54 Å². The number of hydrogen-bond donors (Lipinski definition) is 0. The van der Waals surface area contributed by atoms with E-state index in [2.05, 4.69) is 38.1 Å². The SMILES string of the molecule is CCCCOc1ccccc1C(=O)N(Cc1ccc(C)cc1)Cc1ccco1. The van der Waals surface area contributed by atoms with E-state index >= 15 is 0 Å². The van der Waals surface area contributed by atoms with Crippen molar-refractivity contribution >= 4 is 5.91 Å². The van der Waals surface area contributed by atoms with E-state index in [1.165, 1.54) is 5.56 Å². The molecule has 0 unspecified atom stereocenters. The third kappa shape index (κ3) is 5.26. The van der Waals surface area contributed by atoms with Crippen molar-refractivity contribution in [2.75, 3.05) is 6.61 Å². The highest BCUT2D eigenvalue weighted by molar-refractivity contribution is 5.96. The van der Waals surface area contributed by atoms with Gasteiger partial charge in [0.2, 0.25) is 0 Å². The normalized spacial score (nSPS) is 10.6. The monoisotopic (exact) mass is 377 g/mol. The van der Waals surface area contributed by atoms with E-state index < -0.39 is 0 Å². The van der Waals surface area contributed by atoms with Gasteiger partial charge in [-0.05, 0) is 43.2 Å². The van der Waals surface area contributed by atoms with E-state index in [9.17, 15) is 4.79 Å². The van der Waals surface area contributed by atoms with Gasteiger partial charge < -0.3 is 14.1 Å². The van der Waals surface area contributed by atoms with Gasteiger partial charge in [-0.15, -0.1) is 0 Å². The molecule has 0 spiro atoms. The molecule has 0 radical (unpaired) electrons. The highest BCUT2D eigenvalue weighted by Crippen LogP contribution is 2.23. The predicted molar refractivity (Wildman–Crippen MR) is 110 cm³/mol.